The van der Waals surface area contributed by atoms with Gasteiger partial charge in [0.15, 0.2) is 0 Å². The van der Waals surface area contributed by atoms with Crippen LogP contribution < -0.4 is 0 Å². The van der Waals surface area contributed by atoms with Crippen LogP contribution in [0.4, 0.5) is 0 Å². The van der Waals surface area contributed by atoms with Crippen molar-refractivity contribution in [1.29, 1.82) is 0 Å². The van der Waals surface area contributed by atoms with E-state index in [9.17, 15) is 9.90 Å². The van der Waals surface area contributed by atoms with Gasteiger partial charge in [-0.3, -0.25) is 4.79 Å². The molecule has 1 aromatic rings. The van der Waals surface area contributed by atoms with Crippen LogP contribution in [0.1, 0.15) is 43.6 Å². The smallest absolute Gasteiger partial charge is 0.226 e. The van der Waals surface area contributed by atoms with Gasteiger partial charge in [-0.25, -0.2) is 0 Å². The molecule has 1 heterocycles. The van der Waals surface area contributed by atoms with Crippen LogP contribution in [0.2, 0.25) is 0 Å². The van der Waals surface area contributed by atoms with Gasteiger partial charge in [0.1, 0.15) is 0 Å². The van der Waals surface area contributed by atoms with E-state index in [0.717, 1.165) is 6.42 Å². The van der Waals surface area contributed by atoms with Crippen molar-refractivity contribution in [2.75, 3.05) is 13.1 Å². The van der Waals surface area contributed by atoms with E-state index in [0.29, 0.717) is 19.0 Å². The fourth-order valence-electron chi connectivity index (χ4n) is 2.57. The third kappa shape index (κ3) is 3.37. The number of hydrogen-bond acceptors (Lipinski definition) is 3. The largest absolute Gasteiger partial charge is 0.389 e. The molecule has 2 unspecified atom stereocenters. The second-order valence-electron chi connectivity index (χ2n) is 6.08. The first-order chi connectivity index (χ1) is 8.83. The summed E-state index contributed by atoms with van der Waals surface area (Å²) >= 11 is 1.75. The third-order valence-corrected chi connectivity index (χ3v) is 4.77. The average molecular weight is 281 g/mol. The SMILES string of the molecule is CCN(CC(C)(C)O)C(=O)C1CC1c1sccc1C. The lowest BCUT2D eigenvalue weighted by Gasteiger charge is -2.28. The van der Waals surface area contributed by atoms with Crippen LogP contribution in [0.25, 0.3) is 0 Å². The van der Waals surface area contributed by atoms with Crippen molar-refractivity contribution in [3.05, 3.63) is 21.9 Å². The predicted octanol–water partition coefficient (Wildman–Crippen LogP) is 2.78. The van der Waals surface area contributed by atoms with Gasteiger partial charge in [-0.2, -0.15) is 0 Å². The molecular weight excluding hydrogens is 258 g/mol. The minimum Gasteiger partial charge on any atom is -0.389 e. The van der Waals surface area contributed by atoms with Gasteiger partial charge in [0.05, 0.1) is 5.60 Å². The van der Waals surface area contributed by atoms with E-state index >= 15 is 0 Å². The number of rotatable bonds is 5. The highest BCUT2D eigenvalue weighted by Gasteiger charge is 2.47. The fourth-order valence-corrected chi connectivity index (χ4v) is 3.68. The van der Waals surface area contributed by atoms with Gasteiger partial charge in [0.25, 0.3) is 0 Å². The maximum absolute atomic E-state index is 12.5. The van der Waals surface area contributed by atoms with E-state index in [4.69, 9.17) is 0 Å². The Morgan fingerprint density at radius 1 is 1.58 bits per heavy atom. The monoisotopic (exact) mass is 281 g/mol. The maximum Gasteiger partial charge on any atom is 0.226 e. The number of amides is 1. The summed E-state index contributed by atoms with van der Waals surface area (Å²) in [6.07, 6.45) is 0.961. The van der Waals surface area contributed by atoms with Gasteiger partial charge in [-0.15, -0.1) is 11.3 Å². The van der Waals surface area contributed by atoms with Crippen molar-refractivity contribution in [3.8, 4) is 0 Å². The van der Waals surface area contributed by atoms with Crippen molar-refractivity contribution in [3.63, 3.8) is 0 Å². The van der Waals surface area contributed by atoms with Crippen LogP contribution in [-0.2, 0) is 4.79 Å². The number of thiophene rings is 1. The molecule has 1 fully saturated rings. The summed E-state index contributed by atoms with van der Waals surface area (Å²) in [4.78, 5) is 15.6. The van der Waals surface area contributed by atoms with Gasteiger partial charge in [-0.1, -0.05) is 0 Å². The molecule has 1 saturated carbocycles. The molecule has 1 aliphatic rings. The Morgan fingerprint density at radius 2 is 2.26 bits per heavy atom. The van der Waals surface area contributed by atoms with Gasteiger partial charge < -0.3 is 10.0 Å². The lowest BCUT2D eigenvalue weighted by atomic mass is 10.1. The van der Waals surface area contributed by atoms with Gasteiger partial charge in [0.2, 0.25) is 5.91 Å². The second kappa shape index (κ2) is 5.25. The average Bonchev–Trinajstić information content (AvgIpc) is 3.00. The molecule has 2 rings (SSSR count). The lowest BCUT2D eigenvalue weighted by Crippen LogP contribution is -2.42. The quantitative estimate of drug-likeness (QED) is 0.901. The van der Waals surface area contributed by atoms with Crippen LogP contribution in [-0.4, -0.2) is 34.6 Å². The van der Waals surface area contributed by atoms with E-state index in [2.05, 4.69) is 18.4 Å². The Kier molecular flexibility index (Phi) is 4.02. The topological polar surface area (TPSA) is 40.5 Å². The van der Waals surface area contributed by atoms with Crippen LogP contribution in [0.15, 0.2) is 11.4 Å². The zero-order valence-electron chi connectivity index (χ0n) is 12.1. The molecule has 0 aromatic carbocycles. The molecule has 3 nitrogen and oxygen atoms in total. The van der Waals surface area contributed by atoms with E-state index in [1.165, 1.54) is 10.4 Å². The van der Waals surface area contributed by atoms with E-state index in [-0.39, 0.29) is 11.8 Å². The minimum absolute atomic E-state index is 0.125. The highest BCUT2D eigenvalue weighted by Crippen LogP contribution is 2.51. The molecule has 0 radical (unpaired) electrons. The predicted molar refractivity (Wildman–Crippen MR) is 78.5 cm³/mol. The minimum atomic E-state index is -0.824. The van der Waals surface area contributed by atoms with Gasteiger partial charge in [-0.05, 0) is 51.1 Å². The Balaban J connectivity index is 2.00. The molecule has 0 saturated heterocycles. The number of hydrogen-bond donors (Lipinski definition) is 1. The molecule has 1 amide bonds. The molecule has 2 atom stereocenters. The van der Waals surface area contributed by atoms with Gasteiger partial charge >= 0.3 is 0 Å². The van der Waals surface area contributed by atoms with Crippen molar-refractivity contribution < 1.29 is 9.90 Å². The molecule has 4 heteroatoms. The molecule has 1 aliphatic carbocycles. The zero-order valence-corrected chi connectivity index (χ0v) is 13.0. The summed E-state index contributed by atoms with van der Waals surface area (Å²) < 4.78 is 0. The van der Waals surface area contributed by atoms with Crippen LogP contribution in [0.5, 0.6) is 0 Å². The number of carbonyl (C=O) groups excluding carboxylic acids is 1. The summed E-state index contributed by atoms with van der Waals surface area (Å²) in [6.45, 7) is 8.65. The van der Waals surface area contributed by atoms with Crippen molar-refractivity contribution in [2.24, 2.45) is 5.92 Å². The summed E-state index contributed by atoms with van der Waals surface area (Å²) in [5.41, 5.74) is 0.477. The van der Waals surface area contributed by atoms with Gasteiger partial charge in [0, 0.05) is 29.8 Å². The summed E-state index contributed by atoms with van der Waals surface area (Å²) in [5.74, 6) is 0.727. The van der Waals surface area contributed by atoms with Crippen LogP contribution in [0.3, 0.4) is 0 Å². The molecule has 19 heavy (non-hydrogen) atoms. The normalized spacial score (nSPS) is 22.4. The number of nitrogens with zero attached hydrogens (tertiary/aromatic N) is 1. The number of likely N-dealkylation sites (N-methyl/N-ethyl adjacent to an activating group) is 1. The number of aliphatic hydroxyl groups is 1. The molecule has 1 aromatic heterocycles. The molecular formula is C15H23NO2S. The summed E-state index contributed by atoms with van der Waals surface area (Å²) in [5, 5.41) is 12.0. The summed E-state index contributed by atoms with van der Waals surface area (Å²) in [7, 11) is 0. The standard InChI is InChI=1S/C15H23NO2S/c1-5-16(9-15(3,4)18)14(17)12-8-11(12)13-10(2)6-7-19-13/h6-7,11-12,18H,5,8-9H2,1-4H3. The van der Waals surface area contributed by atoms with Crippen LogP contribution >= 0.6 is 11.3 Å². The van der Waals surface area contributed by atoms with E-state index in [1.54, 1.807) is 30.1 Å². The van der Waals surface area contributed by atoms with E-state index < -0.39 is 5.60 Å². The maximum atomic E-state index is 12.5. The lowest BCUT2D eigenvalue weighted by molar-refractivity contribution is -0.135. The second-order valence-corrected chi connectivity index (χ2v) is 7.03. The van der Waals surface area contributed by atoms with E-state index in [1.807, 2.05) is 6.92 Å². The van der Waals surface area contributed by atoms with Crippen molar-refractivity contribution >= 4 is 17.2 Å². The first-order valence-electron chi connectivity index (χ1n) is 6.88. The molecule has 0 bridgehead atoms. The summed E-state index contributed by atoms with van der Waals surface area (Å²) in [6, 6.07) is 2.12. The molecule has 1 N–H and O–H groups in total. The molecule has 0 aliphatic heterocycles. The Bertz CT molecular complexity index is 461. The third-order valence-electron chi connectivity index (χ3n) is 3.62. The molecule has 106 valence electrons. The Labute approximate surface area is 119 Å². The van der Waals surface area contributed by atoms with Crippen molar-refractivity contribution in [2.45, 2.75) is 45.6 Å². The first kappa shape index (κ1) is 14.5. The van der Waals surface area contributed by atoms with Crippen molar-refractivity contribution in [1.82, 2.24) is 4.90 Å². The Morgan fingerprint density at radius 3 is 2.74 bits per heavy atom. The van der Waals surface area contributed by atoms with Crippen LogP contribution in [0, 0.1) is 12.8 Å². The highest BCUT2D eigenvalue weighted by atomic mass is 32.1. The zero-order chi connectivity index (χ0) is 14.2. The fraction of sp³-hybridized carbons (Fsp3) is 0.667. The number of carbonyl (C=O) groups is 1. The highest BCUT2D eigenvalue weighted by molar-refractivity contribution is 7.10. The first-order valence-corrected chi connectivity index (χ1v) is 7.76. The Hall–Kier alpha value is -0.870. The molecule has 0 spiro atoms. The number of aryl methyl sites for hydroxylation is 1.